The highest BCUT2D eigenvalue weighted by Crippen LogP contribution is 2.36. The van der Waals surface area contributed by atoms with E-state index in [2.05, 4.69) is 70.1 Å². The number of nitrogens with one attached hydrogen (secondary N) is 1. The van der Waals surface area contributed by atoms with Gasteiger partial charge in [0.05, 0.1) is 5.70 Å². The largest absolute Gasteiger partial charge is 0.290 e. The third-order valence-corrected chi connectivity index (χ3v) is 5.25. The van der Waals surface area contributed by atoms with Gasteiger partial charge in [-0.25, -0.2) is 9.66 Å². The van der Waals surface area contributed by atoms with E-state index < -0.39 is 0 Å². The van der Waals surface area contributed by atoms with Crippen LogP contribution in [0.3, 0.4) is 0 Å². The number of nitrogens with zero attached hydrogens (tertiary/aromatic N) is 2. The number of fused-ring (bicyclic) bond motifs is 1. The fraction of sp³-hybridized carbons (Fsp3) is 0.0556. The second-order valence-corrected chi connectivity index (χ2v) is 6.95. The summed E-state index contributed by atoms with van der Waals surface area (Å²) in [5, 5.41) is 3.03. The Hall–Kier alpha value is -1.98. The van der Waals surface area contributed by atoms with E-state index in [-0.39, 0.29) is 0 Å². The molecule has 0 aliphatic carbocycles. The second kappa shape index (κ2) is 5.91. The molecule has 0 spiro atoms. The van der Waals surface area contributed by atoms with Crippen LogP contribution in [0, 0.1) is 6.92 Å². The van der Waals surface area contributed by atoms with Crippen molar-refractivity contribution in [3.8, 4) is 11.3 Å². The number of aromatic nitrogens is 2. The molecule has 23 heavy (non-hydrogen) atoms. The van der Waals surface area contributed by atoms with Crippen molar-refractivity contribution < 1.29 is 0 Å². The molecule has 2 heterocycles. The first-order valence-corrected chi connectivity index (χ1v) is 8.94. The summed E-state index contributed by atoms with van der Waals surface area (Å²) in [5.41, 5.74) is 8.95. The van der Waals surface area contributed by atoms with Crippen molar-refractivity contribution in [2.75, 3.05) is 5.43 Å². The van der Waals surface area contributed by atoms with Crippen molar-refractivity contribution in [3.05, 3.63) is 75.7 Å². The molecule has 0 amide bonds. The van der Waals surface area contributed by atoms with Crippen LogP contribution in [0.2, 0.25) is 0 Å². The third-order valence-electron chi connectivity index (χ3n) is 3.68. The van der Waals surface area contributed by atoms with Gasteiger partial charge < -0.3 is 0 Å². The SMILES string of the molecule is Cc1cccc(-c2nc3n(c2Br)NC(c2ccccc2)=CS3)c1. The van der Waals surface area contributed by atoms with E-state index in [1.54, 1.807) is 11.8 Å². The number of thioether (sulfide) groups is 1. The van der Waals surface area contributed by atoms with Crippen molar-refractivity contribution >= 4 is 33.4 Å². The topological polar surface area (TPSA) is 29.9 Å². The molecule has 1 aliphatic rings. The summed E-state index contributed by atoms with van der Waals surface area (Å²) < 4.78 is 2.93. The number of imidazole rings is 1. The standard InChI is InChI=1S/C18H14BrN3S/c1-12-6-5-9-14(10-12)16-17(19)22-18(20-16)23-11-15(21-22)13-7-3-2-4-8-13/h2-11,21H,1H3. The number of rotatable bonds is 2. The molecular formula is C18H14BrN3S. The summed E-state index contributed by atoms with van der Waals surface area (Å²) in [6.07, 6.45) is 0. The van der Waals surface area contributed by atoms with Crippen LogP contribution >= 0.6 is 27.7 Å². The van der Waals surface area contributed by atoms with E-state index in [0.29, 0.717) is 0 Å². The number of hydrogen-bond acceptors (Lipinski definition) is 3. The Morgan fingerprint density at radius 2 is 1.83 bits per heavy atom. The molecule has 114 valence electrons. The molecule has 1 aliphatic heterocycles. The van der Waals surface area contributed by atoms with E-state index in [1.165, 1.54) is 5.56 Å². The van der Waals surface area contributed by atoms with Crippen molar-refractivity contribution in [2.24, 2.45) is 0 Å². The van der Waals surface area contributed by atoms with Crippen LogP contribution in [0.1, 0.15) is 11.1 Å². The Bertz CT molecular complexity index is 900. The minimum atomic E-state index is 0.924. The molecule has 0 saturated heterocycles. The summed E-state index contributed by atoms with van der Waals surface area (Å²) in [6.45, 7) is 2.09. The van der Waals surface area contributed by atoms with Gasteiger partial charge in [-0.2, -0.15) is 0 Å². The van der Waals surface area contributed by atoms with E-state index >= 15 is 0 Å². The predicted molar refractivity (Wildman–Crippen MR) is 99.7 cm³/mol. The van der Waals surface area contributed by atoms with Crippen LogP contribution in [0.4, 0.5) is 0 Å². The Morgan fingerprint density at radius 1 is 1.04 bits per heavy atom. The zero-order valence-electron chi connectivity index (χ0n) is 12.5. The molecule has 0 saturated carbocycles. The van der Waals surface area contributed by atoms with Gasteiger partial charge in [0.15, 0.2) is 5.16 Å². The second-order valence-electron chi connectivity index (χ2n) is 5.37. The molecule has 1 N–H and O–H groups in total. The molecule has 3 aromatic rings. The predicted octanol–water partition coefficient (Wildman–Crippen LogP) is 5.27. The van der Waals surface area contributed by atoms with Gasteiger partial charge >= 0.3 is 0 Å². The van der Waals surface area contributed by atoms with Gasteiger partial charge in [-0.1, -0.05) is 65.9 Å². The third kappa shape index (κ3) is 2.71. The Labute approximate surface area is 147 Å². The maximum Gasteiger partial charge on any atom is 0.193 e. The first-order valence-electron chi connectivity index (χ1n) is 7.27. The monoisotopic (exact) mass is 383 g/mol. The number of benzene rings is 2. The molecule has 4 rings (SSSR count). The van der Waals surface area contributed by atoms with Crippen molar-refractivity contribution in [2.45, 2.75) is 12.1 Å². The lowest BCUT2D eigenvalue weighted by Crippen LogP contribution is -2.17. The first kappa shape index (κ1) is 14.6. The van der Waals surface area contributed by atoms with E-state index in [0.717, 1.165) is 32.3 Å². The molecule has 0 atom stereocenters. The van der Waals surface area contributed by atoms with Gasteiger partial charge in [0.25, 0.3) is 0 Å². The normalized spacial score (nSPS) is 13.2. The lowest BCUT2D eigenvalue weighted by molar-refractivity contribution is 0.809. The molecule has 3 nitrogen and oxygen atoms in total. The first-order chi connectivity index (χ1) is 11.2. The summed E-state index contributed by atoms with van der Waals surface area (Å²) in [6, 6.07) is 18.7. The molecule has 0 unspecified atom stereocenters. The molecule has 0 radical (unpaired) electrons. The van der Waals surface area contributed by atoms with Crippen LogP contribution in [0.25, 0.3) is 17.0 Å². The Kier molecular flexibility index (Phi) is 3.75. The van der Waals surface area contributed by atoms with E-state index in [1.807, 2.05) is 22.9 Å². The molecular weight excluding hydrogens is 370 g/mol. The average molecular weight is 384 g/mol. The van der Waals surface area contributed by atoms with Gasteiger partial charge in [0.2, 0.25) is 0 Å². The molecule has 5 heteroatoms. The van der Waals surface area contributed by atoms with Crippen LogP contribution in [0.5, 0.6) is 0 Å². The van der Waals surface area contributed by atoms with Gasteiger partial charge in [-0.15, -0.1) is 0 Å². The minimum Gasteiger partial charge on any atom is -0.290 e. The van der Waals surface area contributed by atoms with Gasteiger partial charge in [-0.3, -0.25) is 5.43 Å². The Morgan fingerprint density at radius 3 is 2.61 bits per heavy atom. The van der Waals surface area contributed by atoms with Crippen molar-refractivity contribution in [1.82, 2.24) is 9.66 Å². The minimum absolute atomic E-state index is 0.924. The lowest BCUT2D eigenvalue weighted by Gasteiger charge is -2.18. The zero-order chi connectivity index (χ0) is 15.8. The smallest absolute Gasteiger partial charge is 0.193 e. The van der Waals surface area contributed by atoms with Crippen LogP contribution in [-0.4, -0.2) is 9.66 Å². The number of halogens is 1. The molecule has 1 aromatic heterocycles. The van der Waals surface area contributed by atoms with Gasteiger partial charge in [0.1, 0.15) is 10.3 Å². The summed E-state index contributed by atoms with van der Waals surface area (Å²) in [4.78, 5) is 4.76. The number of aryl methyl sites for hydroxylation is 1. The van der Waals surface area contributed by atoms with Crippen LogP contribution in [-0.2, 0) is 0 Å². The maximum absolute atomic E-state index is 4.76. The summed E-state index contributed by atoms with van der Waals surface area (Å²) in [5.74, 6) is 0. The molecule has 0 fully saturated rings. The van der Waals surface area contributed by atoms with Crippen LogP contribution in [0.15, 0.2) is 69.8 Å². The van der Waals surface area contributed by atoms with E-state index in [4.69, 9.17) is 4.98 Å². The Balaban J connectivity index is 1.72. The highest BCUT2D eigenvalue weighted by Gasteiger charge is 2.21. The van der Waals surface area contributed by atoms with Gasteiger partial charge in [-0.05, 0) is 34.5 Å². The molecule has 2 aromatic carbocycles. The maximum atomic E-state index is 4.76. The van der Waals surface area contributed by atoms with E-state index in [9.17, 15) is 0 Å². The van der Waals surface area contributed by atoms with Crippen molar-refractivity contribution in [1.29, 1.82) is 0 Å². The van der Waals surface area contributed by atoms with Crippen LogP contribution < -0.4 is 5.43 Å². The lowest BCUT2D eigenvalue weighted by atomic mass is 10.1. The fourth-order valence-electron chi connectivity index (χ4n) is 2.54. The number of hydrogen-bond donors (Lipinski definition) is 1. The summed E-state index contributed by atoms with van der Waals surface area (Å²) in [7, 11) is 0. The quantitative estimate of drug-likeness (QED) is 0.653. The summed E-state index contributed by atoms with van der Waals surface area (Å²) >= 11 is 5.32. The zero-order valence-corrected chi connectivity index (χ0v) is 14.9. The van der Waals surface area contributed by atoms with Gasteiger partial charge in [0, 0.05) is 11.0 Å². The molecule has 0 bridgehead atoms. The van der Waals surface area contributed by atoms with Crippen molar-refractivity contribution in [3.63, 3.8) is 0 Å². The average Bonchev–Trinajstić information content (AvgIpc) is 2.92. The fourth-order valence-corrected chi connectivity index (χ4v) is 4.03. The highest BCUT2D eigenvalue weighted by molar-refractivity contribution is 9.10. The highest BCUT2D eigenvalue weighted by atomic mass is 79.9.